The number of carbonyl (C=O) groups is 4. The third kappa shape index (κ3) is 9.12. The predicted octanol–water partition coefficient (Wildman–Crippen LogP) is 3.40. The molecule has 2 aliphatic heterocycles. The maximum atomic E-state index is 15.0. The summed E-state index contributed by atoms with van der Waals surface area (Å²) in [5.41, 5.74) is -1.98. The molecule has 2 aromatic rings. The molecule has 3 N–H and O–H groups in total. The van der Waals surface area contributed by atoms with Gasteiger partial charge in [-0.3, -0.25) is 19.1 Å². The van der Waals surface area contributed by atoms with Crippen molar-refractivity contribution in [2.24, 2.45) is 17.8 Å². The van der Waals surface area contributed by atoms with Crippen molar-refractivity contribution in [3.8, 4) is 17.6 Å². The van der Waals surface area contributed by atoms with Gasteiger partial charge in [0, 0.05) is 25.4 Å². The Morgan fingerprint density at radius 3 is 2.47 bits per heavy atom. The molecule has 7 atom stereocenters. The number of nitrogens with zero attached hydrogens (tertiary/aromatic N) is 3. The van der Waals surface area contributed by atoms with Gasteiger partial charge in [-0.25, -0.2) is 13.2 Å². The molecule has 318 valence electrons. The molecule has 0 bridgehead atoms. The number of nitrogens with one attached hydrogen (secondary N) is 3. The maximum absolute atomic E-state index is 15.0. The number of aromatic nitrogens is 2. The van der Waals surface area contributed by atoms with Crippen LogP contribution in [0, 0.1) is 17.8 Å². The number of benzene rings is 1. The second kappa shape index (κ2) is 16.5. The SMILES string of the molecule is COC[C@@H]1C[C@H](C)CC/C=C\[C@@H]2C[C@@]2(C(=O)NS(=O)(=O)C2(C)CC2)NC(=O)[C@@H]2C[C@@H](Oc3nc(OC)c4c(OC)cccc4n3)CN2C(=O)[C@H]1NC(=O)OC(C)(C)C. The molecule has 0 radical (unpaired) electrons. The molecule has 1 saturated heterocycles. The number of alkyl carbamates (subject to hydrolysis) is 1. The van der Waals surface area contributed by atoms with Crippen molar-refractivity contribution in [2.75, 3.05) is 34.5 Å². The van der Waals surface area contributed by atoms with Crippen LogP contribution in [0.5, 0.6) is 17.6 Å². The van der Waals surface area contributed by atoms with Crippen LogP contribution in [0.15, 0.2) is 30.4 Å². The average Bonchev–Trinajstić information content (AvgIpc) is 4.03. The first-order valence-electron chi connectivity index (χ1n) is 19.7. The zero-order chi connectivity index (χ0) is 42.2. The Labute approximate surface area is 339 Å². The Hall–Kier alpha value is -4.71. The van der Waals surface area contributed by atoms with E-state index < -0.39 is 79.7 Å². The highest BCUT2D eigenvalue weighted by Crippen LogP contribution is 2.47. The minimum atomic E-state index is -4.03. The molecule has 6 rings (SSSR count). The van der Waals surface area contributed by atoms with Crippen molar-refractivity contribution in [2.45, 2.75) is 114 Å². The Morgan fingerprint density at radius 2 is 1.81 bits per heavy atom. The molecule has 4 amide bonds. The lowest BCUT2D eigenvalue weighted by molar-refractivity contribution is -0.142. The minimum Gasteiger partial charge on any atom is -0.496 e. The van der Waals surface area contributed by atoms with E-state index in [4.69, 9.17) is 23.7 Å². The van der Waals surface area contributed by atoms with E-state index in [0.29, 0.717) is 48.8 Å². The number of hydrogen-bond acceptors (Lipinski definition) is 13. The highest BCUT2D eigenvalue weighted by atomic mass is 32.2. The van der Waals surface area contributed by atoms with Crippen LogP contribution < -0.4 is 29.6 Å². The molecule has 1 aromatic carbocycles. The summed E-state index contributed by atoms with van der Waals surface area (Å²) >= 11 is 0. The Bertz CT molecular complexity index is 2050. The summed E-state index contributed by atoms with van der Waals surface area (Å²) in [5.74, 6) is -2.39. The summed E-state index contributed by atoms with van der Waals surface area (Å²) in [6.07, 6.45) is 4.88. The first kappa shape index (κ1) is 42.9. The fourth-order valence-corrected chi connectivity index (χ4v) is 9.16. The van der Waals surface area contributed by atoms with E-state index in [0.717, 1.165) is 0 Å². The van der Waals surface area contributed by atoms with Crippen molar-refractivity contribution in [1.29, 1.82) is 0 Å². The molecule has 3 heterocycles. The number of sulfonamides is 1. The van der Waals surface area contributed by atoms with Gasteiger partial charge in [-0.05, 0) is 84.3 Å². The standard InChI is InChI=1S/C40H56N6O11S/c1-23-12-9-10-13-25-20-40(25,35(49)45-58(51,52)39(5)16-17-39)44-32(47)28-19-26(56-36-41-27-14-11-15-29(54-7)30(27)33(43-36)55-8)21-46(28)34(48)31(24(18-23)22-53-6)42-37(50)57-38(2,3)4/h10-11,13-15,23-26,28,31H,9,12,16-22H2,1-8H3,(H,42,50)(H,44,47)(H,45,49)/b13-10-/t23-,24+,25-,26-,28+,31+,40-/m1/s1. The third-order valence-corrected chi connectivity index (χ3v) is 13.6. The summed E-state index contributed by atoms with van der Waals surface area (Å²) in [6.45, 7) is 8.74. The molecule has 0 spiro atoms. The van der Waals surface area contributed by atoms with E-state index in [1.165, 1.54) is 26.2 Å². The molecule has 0 unspecified atom stereocenters. The van der Waals surface area contributed by atoms with Crippen LogP contribution in [0.25, 0.3) is 10.9 Å². The molecule has 4 aliphatic rings. The van der Waals surface area contributed by atoms with Crippen molar-refractivity contribution >= 4 is 44.7 Å². The predicted molar refractivity (Wildman–Crippen MR) is 212 cm³/mol. The number of amides is 4. The number of hydrogen-bond donors (Lipinski definition) is 3. The number of rotatable bonds is 10. The second-order valence-electron chi connectivity index (χ2n) is 17.2. The van der Waals surface area contributed by atoms with Gasteiger partial charge in [0.2, 0.25) is 27.7 Å². The average molecular weight is 829 g/mol. The lowest BCUT2D eigenvalue weighted by Gasteiger charge is -2.34. The number of ether oxygens (including phenoxy) is 5. The zero-order valence-electron chi connectivity index (χ0n) is 34.5. The lowest BCUT2D eigenvalue weighted by atomic mass is 9.87. The number of carbonyl (C=O) groups excluding carboxylic acids is 4. The van der Waals surface area contributed by atoms with Gasteiger partial charge in [0.15, 0.2) is 0 Å². The fourth-order valence-electron chi connectivity index (χ4n) is 7.84. The van der Waals surface area contributed by atoms with Gasteiger partial charge >= 0.3 is 12.1 Å². The van der Waals surface area contributed by atoms with Crippen LogP contribution in [0.3, 0.4) is 0 Å². The molecule has 1 aromatic heterocycles. The van der Waals surface area contributed by atoms with E-state index >= 15 is 0 Å². The van der Waals surface area contributed by atoms with E-state index in [9.17, 15) is 27.6 Å². The monoisotopic (exact) mass is 828 g/mol. The number of allylic oxidation sites excluding steroid dienone is 1. The van der Waals surface area contributed by atoms with Gasteiger partial charge in [0.05, 0.1) is 37.6 Å². The molecular formula is C40H56N6O11S. The van der Waals surface area contributed by atoms with Crippen LogP contribution in [0.1, 0.15) is 79.6 Å². The Morgan fingerprint density at radius 1 is 1.07 bits per heavy atom. The van der Waals surface area contributed by atoms with Crippen LogP contribution in [-0.4, -0.2) is 116 Å². The van der Waals surface area contributed by atoms with E-state index in [2.05, 4.69) is 25.3 Å². The van der Waals surface area contributed by atoms with Gasteiger partial charge in [-0.1, -0.05) is 25.1 Å². The van der Waals surface area contributed by atoms with Crippen LogP contribution >= 0.6 is 0 Å². The Balaban J connectivity index is 1.38. The Kier molecular flexibility index (Phi) is 12.2. The van der Waals surface area contributed by atoms with Gasteiger partial charge in [-0.15, -0.1) is 0 Å². The summed E-state index contributed by atoms with van der Waals surface area (Å²) in [4.78, 5) is 67.3. The zero-order valence-corrected chi connectivity index (χ0v) is 35.3. The van der Waals surface area contributed by atoms with Crippen LogP contribution in [0.2, 0.25) is 0 Å². The first-order valence-corrected chi connectivity index (χ1v) is 21.2. The van der Waals surface area contributed by atoms with E-state index in [-0.39, 0.29) is 43.8 Å². The third-order valence-electron chi connectivity index (χ3n) is 11.5. The fraction of sp³-hybridized carbons (Fsp3) is 0.650. The lowest BCUT2D eigenvalue weighted by Crippen LogP contribution is -2.60. The van der Waals surface area contributed by atoms with Crippen molar-refractivity contribution in [1.82, 2.24) is 30.2 Å². The van der Waals surface area contributed by atoms with Gasteiger partial charge < -0.3 is 39.2 Å². The topological polar surface area (TPSA) is 214 Å². The quantitative estimate of drug-likeness (QED) is 0.294. The second-order valence-corrected chi connectivity index (χ2v) is 19.4. The molecule has 17 nitrogen and oxygen atoms in total. The van der Waals surface area contributed by atoms with Crippen LogP contribution in [0.4, 0.5) is 4.79 Å². The summed E-state index contributed by atoms with van der Waals surface area (Å²) < 4.78 is 56.2. The number of methoxy groups -OCH3 is 3. The van der Waals surface area contributed by atoms with Crippen molar-refractivity contribution in [3.05, 3.63) is 30.4 Å². The largest absolute Gasteiger partial charge is 0.496 e. The molecule has 3 fully saturated rings. The number of fused-ring (bicyclic) bond motifs is 3. The molecular weight excluding hydrogens is 773 g/mol. The molecule has 2 saturated carbocycles. The van der Waals surface area contributed by atoms with Crippen molar-refractivity contribution < 1.29 is 51.3 Å². The summed E-state index contributed by atoms with van der Waals surface area (Å²) in [6, 6.07) is 2.76. The van der Waals surface area contributed by atoms with Gasteiger partial charge in [-0.2, -0.15) is 9.97 Å². The van der Waals surface area contributed by atoms with Gasteiger partial charge in [0.25, 0.3) is 5.91 Å². The van der Waals surface area contributed by atoms with E-state index in [1.807, 2.05) is 19.1 Å². The van der Waals surface area contributed by atoms with Crippen molar-refractivity contribution in [3.63, 3.8) is 0 Å². The molecule has 18 heteroatoms. The highest BCUT2D eigenvalue weighted by molar-refractivity contribution is 7.91. The minimum absolute atomic E-state index is 0.0571. The van der Waals surface area contributed by atoms with E-state index in [1.54, 1.807) is 45.9 Å². The molecule has 58 heavy (non-hydrogen) atoms. The van der Waals surface area contributed by atoms with Gasteiger partial charge in [0.1, 0.15) is 40.5 Å². The summed E-state index contributed by atoms with van der Waals surface area (Å²) in [7, 11) is 0.450. The summed E-state index contributed by atoms with van der Waals surface area (Å²) in [5, 5.41) is 6.20. The first-order chi connectivity index (χ1) is 27.3. The molecule has 2 aliphatic carbocycles. The highest BCUT2D eigenvalue weighted by Gasteiger charge is 2.63. The normalized spacial score (nSPS) is 29.1. The van der Waals surface area contributed by atoms with Crippen LogP contribution in [-0.2, 0) is 33.9 Å². The maximum Gasteiger partial charge on any atom is 0.408 e. The smallest absolute Gasteiger partial charge is 0.408 e.